The summed E-state index contributed by atoms with van der Waals surface area (Å²) >= 11 is 0. The molecule has 0 spiro atoms. The normalized spacial score (nSPS) is 13.1. The largest absolute Gasteiger partial charge is 0.395 e. The van der Waals surface area contributed by atoms with Gasteiger partial charge in [0.1, 0.15) is 0 Å². The van der Waals surface area contributed by atoms with Gasteiger partial charge in [-0.2, -0.15) is 0 Å². The van der Waals surface area contributed by atoms with E-state index in [4.69, 9.17) is 4.52 Å². The Kier molecular flexibility index (Phi) is 5.32. The van der Waals surface area contributed by atoms with Gasteiger partial charge in [0.15, 0.2) is 5.76 Å². The van der Waals surface area contributed by atoms with Crippen LogP contribution in [0.5, 0.6) is 0 Å². The summed E-state index contributed by atoms with van der Waals surface area (Å²) in [6.07, 6.45) is 1.65. The molecule has 0 radical (unpaired) electrons. The highest BCUT2D eigenvalue weighted by Gasteiger charge is 2.22. The van der Waals surface area contributed by atoms with Gasteiger partial charge in [0, 0.05) is 18.7 Å². The van der Waals surface area contributed by atoms with Crippen molar-refractivity contribution in [2.24, 2.45) is 5.92 Å². The van der Waals surface area contributed by atoms with Crippen LogP contribution in [-0.2, 0) is 13.1 Å². The molecule has 1 N–H and O–H groups in total. The molecule has 1 atom stereocenters. The molecule has 0 saturated carbocycles. The van der Waals surface area contributed by atoms with Crippen molar-refractivity contribution in [1.82, 2.24) is 10.1 Å². The van der Waals surface area contributed by atoms with Gasteiger partial charge in [0.2, 0.25) is 0 Å². The molecule has 4 heteroatoms. The van der Waals surface area contributed by atoms with E-state index in [0.29, 0.717) is 12.5 Å². The minimum absolute atomic E-state index is 0.0975. The lowest BCUT2D eigenvalue weighted by atomic mass is 10.0. The predicted octanol–water partition coefficient (Wildman–Crippen LogP) is 2.69. The Morgan fingerprint density at radius 1 is 1.15 bits per heavy atom. The topological polar surface area (TPSA) is 49.5 Å². The molecule has 1 aromatic heterocycles. The Bertz CT molecular complexity index is 482. The van der Waals surface area contributed by atoms with Crippen molar-refractivity contribution in [2.45, 2.75) is 33.0 Å². The van der Waals surface area contributed by atoms with E-state index in [1.807, 2.05) is 24.3 Å². The maximum Gasteiger partial charge on any atom is 0.150 e. The first-order valence-corrected chi connectivity index (χ1v) is 6.99. The number of hydrogen-bond donors (Lipinski definition) is 1. The van der Waals surface area contributed by atoms with Crippen LogP contribution in [0.15, 0.2) is 47.1 Å². The van der Waals surface area contributed by atoms with Crippen LogP contribution >= 0.6 is 0 Å². The fourth-order valence-corrected chi connectivity index (χ4v) is 2.38. The number of aliphatic hydroxyl groups excluding tert-OH is 1. The molecule has 1 heterocycles. The summed E-state index contributed by atoms with van der Waals surface area (Å²) in [5.41, 5.74) is 1.23. The van der Waals surface area contributed by atoms with E-state index in [1.165, 1.54) is 5.56 Å². The van der Waals surface area contributed by atoms with Crippen LogP contribution in [0, 0.1) is 5.92 Å². The van der Waals surface area contributed by atoms with Crippen molar-refractivity contribution >= 4 is 0 Å². The number of aromatic nitrogens is 1. The zero-order chi connectivity index (χ0) is 14.4. The summed E-state index contributed by atoms with van der Waals surface area (Å²) < 4.78 is 5.20. The van der Waals surface area contributed by atoms with Crippen molar-refractivity contribution in [3.63, 3.8) is 0 Å². The summed E-state index contributed by atoms with van der Waals surface area (Å²) in [7, 11) is 0. The lowest BCUT2D eigenvalue weighted by Gasteiger charge is -2.32. The second-order valence-electron chi connectivity index (χ2n) is 5.36. The summed E-state index contributed by atoms with van der Waals surface area (Å²) in [5.74, 6) is 1.19. The molecule has 20 heavy (non-hydrogen) atoms. The van der Waals surface area contributed by atoms with Gasteiger partial charge in [-0.05, 0) is 11.5 Å². The summed E-state index contributed by atoms with van der Waals surface area (Å²) in [4.78, 5) is 2.24. The Labute approximate surface area is 120 Å². The first kappa shape index (κ1) is 14.8. The molecule has 4 nitrogen and oxygen atoms in total. The van der Waals surface area contributed by atoms with Crippen molar-refractivity contribution in [1.29, 1.82) is 0 Å². The maximum absolute atomic E-state index is 9.69. The standard InChI is InChI=1S/C16H22N2O2/c1-13(2)16(12-19)18(11-15-8-9-17-20-15)10-14-6-4-3-5-7-14/h3-9,13,16,19H,10-12H2,1-2H3. The van der Waals surface area contributed by atoms with Crippen molar-refractivity contribution in [2.75, 3.05) is 6.61 Å². The van der Waals surface area contributed by atoms with E-state index in [9.17, 15) is 5.11 Å². The predicted molar refractivity (Wildman–Crippen MR) is 77.9 cm³/mol. The third-order valence-electron chi connectivity index (χ3n) is 3.50. The lowest BCUT2D eigenvalue weighted by Crippen LogP contribution is -2.40. The van der Waals surface area contributed by atoms with E-state index < -0.39 is 0 Å². The van der Waals surface area contributed by atoms with Gasteiger partial charge < -0.3 is 9.63 Å². The van der Waals surface area contributed by atoms with Crippen LogP contribution in [-0.4, -0.2) is 27.8 Å². The number of nitrogens with zero attached hydrogens (tertiary/aromatic N) is 2. The zero-order valence-corrected chi connectivity index (χ0v) is 12.1. The van der Waals surface area contributed by atoms with E-state index >= 15 is 0 Å². The van der Waals surface area contributed by atoms with Gasteiger partial charge in [0.25, 0.3) is 0 Å². The van der Waals surface area contributed by atoms with E-state index in [0.717, 1.165) is 12.3 Å². The van der Waals surface area contributed by atoms with E-state index in [2.05, 4.69) is 36.0 Å². The maximum atomic E-state index is 9.69. The second-order valence-corrected chi connectivity index (χ2v) is 5.36. The van der Waals surface area contributed by atoms with Crippen molar-refractivity contribution in [3.05, 3.63) is 53.9 Å². The van der Waals surface area contributed by atoms with Gasteiger partial charge in [-0.1, -0.05) is 49.3 Å². The number of rotatable bonds is 7. The number of benzene rings is 1. The van der Waals surface area contributed by atoms with Crippen LogP contribution in [0.3, 0.4) is 0 Å². The third-order valence-corrected chi connectivity index (χ3v) is 3.50. The van der Waals surface area contributed by atoms with Gasteiger partial charge >= 0.3 is 0 Å². The third kappa shape index (κ3) is 3.92. The minimum Gasteiger partial charge on any atom is -0.395 e. The molecule has 1 unspecified atom stereocenters. The fourth-order valence-electron chi connectivity index (χ4n) is 2.38. The Balaban J connectivity index is 2.14. The number of hydrogen-bond acceptors (Lipinski definition) is 4. The lowest BCUT2D eigenvalue weighted by molar-refractivity contribution is 0.0710. The minimum atomic E-state index is 0.0975. The van der Waals surface area contributed by atoms with Crippen molar-refractivity contribution in [3.8, 4) is 0 Å². The van der Waals surface area contributed by atoms with Crippen LogP contribution in [0.2, 0.25) is 0 Å². The smallest absolute Gasteiger partial charge is 0.150 e. The quantitative estimate of drug-likeness (QED) is 0.843. The average molecular weight is 274 g/mol. The van der Waals surface area contributed by atoms with Crippen LogP contribution in [0.4, 0.5) is 0 Å². The van der Waals surface area contributed by atoms with Gasteiger partial charge in [-0.15, -0.1) is 0 Å². The SMILES string of the molecule is CC(C)C(CO)N(Cc1ccccc1)Cc1ccno1. The molecule has 0 bridgehead atoms. The first-order chi connectivity index (χ1) is 9.70. The molecule has 0 aliphatic carbocycles. The molecule has 0 amide bonds. The average Bonchev–Trinajstić information content (AvgIpc) is 2.93. The highest BCUT2D eigenvalue weighted by molar-refractivity contribution is 5.14. The zero-order valence-electron chi connectivity index (χ0n) is 12.1. The molecule has 1 aromatic carbocycles. The van der Waals surface area contributed by atoms with Crippen molar-refractivity contribution < 1.29 is 9.63 Å². The van der Waals surface area contributed by atoms with Gasteiger partial charge in [0.05, 0.1) is 19.3 Å². The van der Waals surface area contributed by atoms with E-state index in [1.54, 1.807) is 6.20 Å². The Morgan fingerprint density at radius 3 is 2.45 bits per heavy atom. The van der Waals surface area contributed by atoms with Gasteiger partial charge in [-0.3, -0.25) is 4.90 Å². The Hall–Kier alpha value is -1.65. The Morgan fingerprint density at radius 2 is 1.90 bits per heavy atom. The van der Waals surface area contributed by atoms with E-state index in [-0.39, 0.29) is 12.6 Å². The molecular formula is C16H22N2O2. The molecule has 0 saturated heterocycles. The second kappa shape index (κ2) is 7.22. The van der Waals surface area contributed by atoms with Gasteiger partial charge in [-0.25, -0.2) is 0 Å². The summed E-state index contributed by atoms with van der Waals surface area (Å²) in [5, 5.41) is 13.4. The van der Waals surface area contributed by atoms with Crippen LogP contribution < -0.4 is 0 Å². The number of aliphatic hydroxyl groups is 1. The summed E-state index contributed by atoms with van der Waals surface area (Å²) in [6, 6.07) is 12.2. The first-order valence-electron chi connectivity index (χ1n) is 6.99. The highest BCUT2D eigenvalue weighted by Crippen LogP contribution is 2.18. The molecule has 0 fully saturated rings. The monoisotopic (exact) mass is 274 g/mol. The van der Waals surface area contributed by atoms with Crippen LogP contribution in [0.1, 0.15) is 25.2 Å². The molecule has 0 aliphatic rings. The van der Waals surface area contributed by atoms with Crippen LogP contribution in [0.25, 0.3) is 0 Å². The highest BCUT2D eigenvalue weighted by atomic mass is 16.5. The summed E-state index contributed by atoms with van der Waals surface area (Å²) in [6.45, 7) is 5.82. The molecule has 2 rings (SSSR count). The fraction of sp³-hybridized carbons (Fsp3) is 0.438. The molecule has 0 aliphatic heterocycles. The molecule has 2 aromatic rings. The molecular weight excluding hydrogens is 252 g/mol. The molecule has 108 valence electrons.